The maximum atomic E-state index is 11.1. The van der Waals surface area contributed by atoms with Crippen LogP contribution < -0.4 is 0 Å². The molecule has 3 heteroatoms. The van der Waals surface area contributed by atoms with Gasteiger partial charge in [-0.05, 0) is 13.0 Å². The molecule has 0 atom stereocenters. The SMILES string of the molecule is CCCCCCCCCCCCCCCCN([O-])CCO. The molecule has 0 aliphatic carbocycles. The Morgan fingerprint density at radius 3 is 1.38 bits per heavy atom. The van der Waals surface area contributed by atoms with Crippen molar-refractivity contribution in [2.45, 2.75) is 96.8 Å². The highest BCUT2D eigenvalue weighted by Gasteiger charge is 1.95. The Morgan fingerprint density at radius 1 is 0.619 bits per heavy atom. The van der Waals surface area contributed by atoms with E-state index in [2.05, 4.69) is 6.92 Å². The molecule has 0 fully saturated rings. The zero-order chi connectivity index (χ0) is 15.6. The molecular formula is C18H38NO2-. The molecule has 0 aromatic heterocycles. The number of hydrogen-bond donors (Lipinski definition) is 1. The summed E-state index contributed by atoms with van der Waals surface area (Å²) in [5.74, 6) is 0. The largest absolute Gasteiger partial charge is 0.785 e. The predicted octanol–water partition coefficient (Wildman–Crippen LogP) is 5.26. The number of aliphatic hydroxyl groups excluding tert-OH is 1. The Balaban J connectivity index is 2.99. The Labute approximate surface area is 132 Å². The molecule has 0 aliphatic rings. The Bertz CT molecular complexity index is 188. The van der Waals surface area contributed by atoms with Gasteiger partial charge in [-0.15, -0.1) is 0 Å². The molecule has 0 aromatic carbocycles. The van der Waals surface area contributed by atoms with Crippen LogP contribution in [-0.2, 0) is 0 Å². The molecule has 0 spiro atoms. The van der Waals surface area contributed by atoms with Crippen molar-refractivity contribution in [3.8, 4) is 0 Å². The van der Waals surface area contributed by atoms with E-state index in [9.17, 15) is 5.21 Å². The van der Waals surface area contributed by atoms with Crippen LogP contribution in [0, 0.1) is 5.21 Å². The summed E-state index contributed by atoms with van der Waals surface area (Å²) in [7, 11) is 0. The van der Waals surface area contributed by atoms with Crippen molar-refractivity contribution in [2.24, 2.45) is 0 Å². The second-order valence-electron chi connectivity index (χ2n) is 6.25. The van der Waals surface area contributed by atoms with Gasteiger partial charge in [-0.25, -0.2) is 0 Å². The normalized spacial score (nSPS) is 11.4. The van der Waals surface area contributed by atoms with Crippen molar-refractivity contribution in [3.05, 3.63) is 5.21 Å². The van der Waals surface area contributed by atoms with Gasteiger partial charge in [0.15, 0.2) is 0 Å². The van der Waals surface area contributed by atoms with E-state index in [-0.39, 0.29) is 13.2 Å². The van der Waals surface area contributed by atoms with Crippen LogP contribution in [0.3, 0.4) is 0 Å². The van der Waals surface area contributed by atoms with Crippen LogP contribution in [0.1, 0.15) is 96.8 Å². The monoisotopic (exact) mass is 300 g/mol. The Morgan fingerprint density at radius 2 is 1.00 bits per heavy atom. The summed E-state index contributed by atoms with van der Waals surface area (Å²) in [6.07, 6.45) is 18.7. The summed E-state index contributed by atoms with van der Waals surface area (Å²) in [5.41, 5.74) is 0. The van der Waals surface area contributed by atoms with Crippen LogP contribution in [0.4, 0.5) is 0 Å². The summed E-state index contributed by atoms with van der Waals surface area (Å²) in [4.78, 5) is 0. The van der Waals surface area contributed by atoms with Gasteiger partial charge in [0.1, 0.15) is 0 Å². The minimum absolute atomic E-state index is 0.0257. The summed E-state index contributed by atoms with van der Waals surface area (Å²) < 4.78 is 0. The fourth-order valence-electron chi connectivity index (χ4n) is 2.71. The van der Waals surface area contributed by atoms with Gasteiger partial charge >= 0.3 is 0 Å². The van der Waals surface area contributed by atoms with Crippen LogP contribution in [0.5, 0.6) is 0 Å². The summed E-state index contributed by atoms with van der Waals surface area (Å²) >= 11 is 0. The van der Waals surface area contributed by atoms with E-state index in [4.69, 9.17) is 5.11 Å². The summed E-state index contributed by atoms with van der Waals surface area (Å²) in [6.45, 7) is 3.09. The standard InChI is InChI=1S/C18H38NO2/c1-2-3-4-5-6-7-8-9-10-11-12-13-14-15-16-19(21)17-18-20/h20H,2-18H2,1H3/q-1. The lowest BCUT2D eigenvalue weighted by Crippen LogP contribution is -2.21. The third-order valence-corrected chi connectivity index (χ3v) is 4.11. The maximum Gasteiger partial charge on any atom is 0.0549 e. The fourth-order valence-corrected chi connectivity index (χ4v) is 2.71. The van der Waals surface area contributed by atoms with Crippen molar-refractivity contribution in [1.29, 1.82) is 0 Å². The van der Waals surface area contributed by atoms with E-state index in [0.29, 0.717) is 6.54 Å². The molecule has 0 unspecified atom stereocenters. The van der Waals surface area contributed by atoms with Gasteiger partial charge in [0.05, 0.1) is 6.61 Å². The van der Waals surface area contributed by atoms with Crippen LogP contribution >= 0.6 is 0 Å². The minimum atomic E-state index is -0.0257. The molecule has 0 rings (SSSR count). The quantitative estimate of drug-likeness (QED) is 0.294. The molecule has 0 radical (unpaired) electrons. The highest BCUT2D eigenvalue weighted by Crippen LogP contribution is 2.12. The third kappa shape index (κ3) is 17.8. The van der Waals surface area contributed by atoms with Crippen LogP contribution in [-0.4, -0.2) is 29.9 Å². The molecule has 0 heterocycles. The first-order chi connectivity index (χ1) is 10.3. The van der Waals surface area contributed by atoms with Gasteiger partial charge < -0.3 is 15.4 Å². The average molecular weight is 301 g/mol. The lowest BCUT2D eigenvalue weighted by atomic mass is 10.0. The first-order valence-corrected chi connectivity index (χ1v) is 9.34. The van der Waals surface area contributed by atoms with Crippen molar-refractivity contribution >= 4 is 0 Å². The number of hydroxylamine groups is 2. The van der Waals surface area contributed by atoms with Gasteiger partial charge in [0, 0.05) is 6.54 Å². The molecule has 0 aromatic rings. The summed E-state index contributed by atoms with van der Waals surface area (Å²) in [6, 6.07) is 0. The highest BCUT2D eigenvalue weighted by molar-refractivity contribution is 4.56. The lowest BCUT2D eigenvalue weighted by molar-refractivity contribution is 0.234. The van der Waals surface area contributed by atoms with Crippen molar-refractivity contribution < 1.29 is 5.11 Å². The van der Waals surface area contributed by atoms with Crippen LogP contribution in [0.2, 0.25) is 0 Å². The third-order valence-electron chi connectivity index (χ3n) is 4.11. The number of rotatable bonds is 17. The Hall–Kier alpha value is -0.120. The lowest BCUT2D eigenvalue weighted by Gasteiger charge is -2.26. The number of nitrogens with zero attached hydrogens (tertiary/aromatic N) is 1. The van der Waals surface area contributed by atoms with Crippen molar-refractivity contribution in [2.75, 3.05) is 19.7 Å². The molecule has 0 amide bonds. The molecule has 21 heavy (non-hydrogen) atoms. The van der Waals surface area contributed by atoms with Crippen LogP contribution in [0.15, 0.2) is 0 Å². The second kappa shape index (κ2) is 17.9. The van der Waals surface area contributed by atoms with Crippen molar-refractivity contribution in [3.63, 3.8) is 0 Å². The smallest absolute Gasteiger partial charge is 0.0549 e. The zero-order valence-electron chi connectivity index (χ0n) is 14.3. The van der Waals surface area contributed by atoms with Gasteiger partial charge in [0.25, 0.3) is 0 Å². The van der Waals surface area contributed by atoms with E-state index < -0.39 is 0 Å². The topological polar surface area (TPSA) is 46.5 Å². The van der Waals surface area contributed by atoms with Gasteiger partial charge in [-0.2, -0.15) is 0 Å². The van der Waals surface area contributed by atoms with E-state index in [1.807, 2.05) is 0 Å². The van der Waals surface area contributed by atoms with E-state index in [0.717, 1.165) is 17.9 Å². The second-order valence-corrected chi connectivity index (χ2v) is 6.25. The molecule has 3 nitrogen and oxygen atoms in total. The fraction of sp³-hybridized carbons (Fsp3) is 1.00. The number of aliphatic hydroxyl groups is 1. The van der Waals surface area contributed by atoms with Crippen molar-refractivity contribution in [1.82, 2.24) is 5.06 Å². The molecular weight excluding hydrogens is 262 g/mol. The molecule has 0 saturated carbocycles. The molecule has 0 saturated heterocycles. The first-order valence-electron chi connectivity index (χ1n) is 9.34. The van der Waals surface area contributed by atoms with E-state index in [1.54, 1.807) is 0 Å². The van der Waals surface area contributed by atoms with E-state index in [1.165, 1.54) is 77.0 Å². The summed E-state index contributed by atoms with van der Waals surface area (Å²) in [5, 5.41) is 20.7. The predicted molar refractivity (Wildman–Crippen MR) is 92.3 cm³/mol. The number of hydrogen-bond acceptors (Lipinski definition) is 3. The molecule has 0 aliphatic heterocycles. The highest BCUT2D eigenvalue weighted by atomic mass is 16.5. The van der Waals surface area contributed by atoms with Gasteiger partial charge in [-0.3, -0.25) is 0 Å². The van der Waals surface area contributed by atoms with Crippen LogP contribution in [0.25, 0.3) is 0 Å². The maximum absolute atomic E-state index is 11.1. The first kappa shape index (κ1) is 20.9. The number of unbranched alkanes of at least 4 members (excludes halogenated alkanes) is 13. The molecule has 128 valence electrons. The average Bonchev–Trinajstić information content (AvgIpc) is 2.48. The van der Waals surface area contributed by atoms with Gasteiger partial charge in [0.2, 0.25) is 0 Å². The zero-order valence-corrected chi connectivity index (χ0v) is 14.3. The minimum Gasteiger partial charge on any atom is -0.785 e. The van der Waals surface area contributed by atoms with Gasteiger partial charge in [-0.1, -0.05) is 90.4 Å². The molecule has 0 bridgehead atoms. The molecule has 1 N–H and O–H groups in total. The Kier molecular flexibility index (Phi) is 17.8. The van der Waals surface area contributed by atoms with E-state index >= 15 is 0 Å².